The van der Waals surface area contributed by atoms with Crippen molar-refractivity contribution in [2.45, 2.75) is 19.6 Å². The Bertz CT molecular complexity index is 1030. The van der Waals surface area contributed by atoms with Crippen LogP contribution in [-0.4, -0.2) is 36.5 Å². The van der Waals surface area contributed by atoms with Crippen molar-refractivity contribution in [2.75, 3.05) is 11.9 Å². The van der Waals surface area contributed by atoms with Crippen molar-refractivity contribution < 1.29 is 37.1 Å². The lowest BCUT2D eigenvalue weighted by molar-refractivity contribution is -0.130. The van der Waals surface area contributed by atoms with Crippen LogP contribution in [0.25, 0.3) is 0 Å². The molecule has 12 heteroatoms. The maximum Gasteiger partial charge on any atom is 0.338 e. The van der Waals surface area contributed by atoms with Crippen molar-refractivity contribution in [3.63, 3.8) is 0 Å². The van der Waals surface area contributed by atoms with Gasteiger partial charge in [0.2, 0.25) is 5.91 Å². The van der Waals surface area contributed by atoms with Crippen molar-refractivity contribution in [1.82, 2.24) is 10.6 Å². The molecule has 2 aromatic carbocycles. The third kappa shape index (κ3) is 6.72. The fourth-order valence-electron chi connectivity index (χ4n) is 2.36. The summed E-state index contributed by atoms with van der Waals surface area (Å²) in [7, 11) is 0. The molecule has 0 aliphatic rings. The molecule has 1 atom stereocenters. The van der Waals surface area contributed by atoms with E-state index in [4.69, 9.17) is 10.5 Å². The van der Waals surface area contributed by atoms with Crippen molar-refractivity contribution in [2.24, 2.45) is 5.73 Å². The van der Waals surface area contributed by atoms with Gasteiger partial charge in [-0.05, 0) is 36.8 Å². The highest BCUT2D eigenvalue weighted by molar-refractivity contribution is 5.96. The van der Waals surface area contributed by atoms with Gasteiger partial charge in [0.05, 0.1) is 17.8 Å². The number of urea groups is 1. The number of carbonyl (C=O) groups excluding carboxylic acids is 4. The molecule has 0 spiro atoms. The first-order valence-electron chi connectivity index (χ1n) is 9.12. The van der Waals surface area contributed by atoms with Crippen molar-refractivity contribution in [3.05, 3.63) is 65.0 Å². The number of primary amides is 1. The molecule has 0 aliphatic heterocycles. The van der Waals surface area contributed by atoms with E-state index in [-0.39, 0.29) is 12.1 Å². The van der Waals surface area contributed by atoms with Gasteiger partial charge in [-0.25, -0.2) is 22.8 Å². The number of benzene rings is 2. The number of nitrogens with two attached hydrogens (primary N) is 1. The summed E-state index contributed by atoms with van der Waals surface area (Å²) >= 11 is 0. The summed E-state index contributed by atoms with van der Waals surface area (Å²) in [5.74, 6) is -7.28. The molecule has 0 saturated carbocycles. The predicted octanol–water partition coefficient (Wildman–Crippen LogP) is 1.57. The number of hydrogen-bond donors (Lipinski definition) is 4. The molecule has 0 heterocycles. The van der Waals surface area contributed by atoms with E-state index in [1.165, 1.54) is 19.1 Å². The topological polar surface area (TPSA) is 140 Å². The SMILES string of the molecule is C[C@@H](OC(=O)c1ccc(CNC(N)=O)cc1)C(=O)NCC(=O)Nc1ccc(F)c(F)c1F. The van der Waals surface area contributed by atoms with Crippen molar-refractivity contribution >= 4 is 29.5 Å². The zero-order valence-corrected chi connectivity index (χ0v) is 16.7. The van der Waals surface area contributed by atoms with Crippen LogP contribution in [0, 0.1) is 17.5 Å². The number of esters is 1. The molecule has 0 aliphatic carbocycles. The average Bonchev–Trinajstić information content (AvgIpc) is 2.76. The summed E-state index contributed by atoms with van der Waals surface area (Å²) < 4.78 is 44.6. The average molecular weight is 452 g/mol. The van der Waals surface area contributed by atoms with Crippen LogP contribution in [0.15, 0.2) is 36.4 Å². The van der Waals surface area contributed by atoms with E-state index in [0.717, 1.165) is 6.07 Å². The number of nitrogens with one attached hydrogen (secondary N) is 3. The van der Waals surface area contributed by atoms with E-state index < -0.39 is 59.6 Å². The smallest absolute Gasteiger partial charge is 0.338 e. The molecular weight excluding hydrogens is 433 g/mol. The minimum absolute atomic E-state index is 0.138. The number of ether oxygens (including phenoxy) is 1. The summed E-state index contributed by atoms with van der Waals surface area (Å²) in [5.41, 5.74) is 5.18. The van der Waals surface area contributed by atoms with Gasteiger partial charge in [-0.1, -0.05) is 12.1 Å². The Morgan fingerprint density at radius 3 is 2.25 bits per heavy atom. The lowest BCUT2D eigenvalue weighted by Crippen LogP contribution is -2.40. The maximum atomic E-state index is 13.6. The fraction of sp³-hybridized carbons (Fsp3) is 0.200. The molecule has 32 heavy (non-hydrogen) atoms. The normalized spacial score (nSPS) is 11.2. The third-order valence-corrected chi connectivity index (χ3v) is 4.04. The Kier molecular flexibility index (Phi) is 8.16. The Balaban J connectivity index is 1.83. The monoisotopic (exact) mass is 452 g/mol. The zero-order chi connectivity index (χ0) is 23.8. The summed E-state index contributed by atoms with van der Waals surface area (Å²) in [6.07, 6.45) is -1.27. The molecule has 0 bridgehead atoms. The lowest BCUT2D eigenvalue weighted by atomic mass is 10.1. The van der Waals surface area contributed by atoms with Gasteiger partial charge in [0.1, 0.15) is 0 Å². The molecule has 0 saturated heterocycles. The lowest BCUT2D eigenvalue weighted by Gasteiger charge is -2.14. The second kappa shape index (κ2) is 10.8. The van der Waals surface area contributed by atoms with Crippen LogP contribution in [-0.2, 0) is 20.9 Å². The summed E-state index contributed by atoms with van der Waals surface area (Å²) in [4.78, 5) is 46.7. The number of amides is 4. The zero-order valence-electron chi connectivity index (χ0n) is 16.7. The Morgan fingerprint density at radius 1 is 0.969 bits per heavy atom. The van der Waals surface area contributed by atoms with Crippen LogP contribution < -0.4 is 21.7 Å². The Morgan fingerprint density at radius 2 is 1.62 bits per heavy atom. The molecule has 2 aromatic rings. The number of rotatable bonds is 8. The van der Waals surface area contributed by atoms with Crippen molar-refractivity contribution in [1.29, 1.82) is 0 Å². The predicted molar refractivity (Wildman–Crippen MR) is 106 cm³/mol. The molecule has 0 radical (unpaired) electrons. The fourth-order valence-corrected chi connectivity index (χ4v) is 2.36. The van der Waals surface area contributed by atoms with Crippen molar-refractivity contribution in [3.8, 4) is 0 Å². The number of halogens is 3. The number of carbonyl (C=O) groups is 4. The number of anilines is 1. The maximum absolute atomic E-state index is 13.6. The van der Waals surface area contributed by atoms with E-state index in [1.54, 1.807) is 12.1 Å². The summed E-state index contributed by atoms with van der Waals surface area (Å²) in [6, 6.07) is 6.72. The second-order valence-electron chi connectivity index (χ2n) is 6.45. The first-order valence-corrected chi connectivity index (χ1v) is 9.12. The number of hydrogen-bond acceptors (Lipinski definition) is 5. The highest BCUT2D eigenvalue weighted by Crippen LogP contribution is 2.19. The van der Waals surface area contributed by atoms with Crippen LogP contribution in [0.3, 0.4) is 0 Å². The molecule has 4 amide bonds. The van der Waals surface area contributed by atoms with E-state index in [9.17, 15) is 32.3 Å². The molecule has 2 rings (SSSR count). The summed E-state index contributed by atoms with van der Waals surface area (Å²) in [5, 5.41) is 6.54. The van der Waals surface area contributed by atoms with E-state index in [2.05, 4.69) is 10.6 Å². The van der Waals surface area contributed by atoms with Crippen LogP contribution in [0.1, 0.15) is 22.8 Å². The Labute approximate surface area is 180 Å². The molecule has 170 valence electrons. The largest absolute Gasteiger partial charge is 0.449 e. The van der Waals surface area contributed by atoms with E-state index in [1.807, 2.05) is 5.32 Å². The van der Waals surface area contributed by atoms with Crippen LogP contribution in [0.2, 0.25) is 0 Å². The second-order valence-corrected chi connectivity index (χ2v) is 6.45. The van der Waals surface area contributed by atoms with Crippen LogP contribution in [0.4, 0.5) is 23.7 Å². The Hall–Kier alpha value is -4.09. The quantitative estimate of drug-likeness (QED) is 0.356. The molecule has 0 aromatic heterocycles. The molecule has 0 unspecified atom stereocenters. The minimum atomic E-state index is -1.75. The molecule has 9 nitrogen and oxygen atoms in total. The first-order chi connectivity index (χ1) is 15.1. The van der Waals surface area contributed by atoms with Gasteiger partial charge in [0, 0.05) is 6.54 Å². The molecule has 0 fully saturated rings. The molecule has 5 N–H and O–H groups in total. The van der Waals surface area contributed by atoms with E-state index >= 15 is 0 Å². The van der Waals surface area contributed by atoms with Gasteiger partial charge in [-0.3, -0.25) is 9.59 Å². The van der Waals surface area contributed by atoms with Gasteiger partial charge in [0.25, 0.3) is 5.91 Å². The highest BCUT2D eigenvalue weighted by atomic mass is 19.2. The first kappa shape index (κ1) is 24.2. The van der Waals surface area contributed by atoms with Crippen LogP contribution >= 0.6 is 0 Å². The summed E-state index contributed by atoms with van der Waals surface area (Å²) in [6.45, 7) is 0.798. The highest BCUT2D eigenvalue weighted by Gasteiger charge is 2.20. The van der Waals surface area contributed by atoms with Gasteiger partial charge >= 0.3 is 12.0 Å². The van der Waals surface area contributed by atoms with E-state index in [0.29, 0.717) is 11.6 Å². The molecular formula is C20H19F3N4O5. The van der Waals surface area contributed by atoms with Gasteiger partial charge < -0.3 is 26.4 Å². The van der Waals surface area contributed by atoms with Gasteiger partial charge in [0.15, 0.2) is 23.6 Å². The minimum Gasteiger partial charge on any atom is -0.449 e. The standard InChI is InChI=1S/C20H19F3N4O5/c1-10(32-19(30)12-4-2-11(3-5-12)8-26-20(24)31)18(29)25-9-15(28)27-14-7-6-13(21)16(22)17(14)23/h2-7,10H,8-9H2,1H3,(H,25,29)(H,27,28)(H3,24,26,31)/t10-/m1/s1. The van der Waals surface area contributed by atoms with Crippen LogP contribution in [0.5, 0.6) is 0 Å². The van der Waals surface area contributed by atoms with Gasteiger partial charge in [-0.2, -0.15) is 0 Å². The van der Waals surface area contributed by atoms with Gasteiger partial charge in [-0.15, -0.1) is 0 Å². The third-order valence-electron chi connectivity index (χ3n) is 4.04.